The topological polar surface area (TPSA) is 66.4 Å². The fourth-order valence-corrected chi connectivity index (χ4v) is 2.69. The molecule has 0 heterocycles. The molecule has 1 aromatic rings. The van der Waals surface area contributed by atoms with Crippen molar-refractivity contribution in [1.82, 2.24) is 4.72 Å². The van der Waals surface area contributed by atoms with Crippen LogP contribution in [0.1, 0.15) is 13.3 Å². The van der Waals surface area contributed by atoms with Crippen molar-refractivity contribution in [1.29, 1.82) is 0 Å². The largest absolute Gasteiger partial charge is 0.508 e. The average Bonchev–Trinajstić information content (AvgIpc) is 2.28. The van der Waals surface area contributed by atoms with Gasteiger partial charge in [0, 0.05) is 11.8 Å². The highest BCUT2D eigenvalue weighted by atomic mass is 32.2. The molecule has 0 fully saturated rings. The summed E-state index contributed by atoms with van der Waals surface area (Å²) < 4.78 is 26.2. The van der Waals surface area contributed by atoms with Crippen molar-refractivity contribution in [2.45, 2.75) is 23.5 Å². The van der Waals surface area contributed by atoms with Crippen LogP contribution in [0, 0.1) is 0 Å². The van der Waals surface area contributed by atoms with Gasteiger partial charge < -0.3 is 5.11 Å². The second-order valence-corrected chi connectivity index (χ2v) is 6.77. The van der Waals surface area contributed by atoms with Gasteiger partial charge in [-0.15, -0.1) is 0 Å². The molecular formula is C11H17NO3S2. The first-order valence-corrected chi connectivity index (χ1v) is 8.04. The van der Waals surface area contributed by atoms with Gasteiger partial charge in [-0.25, -0.2) is 13.1 Å². The molecule has 2 N–H and O–H groups in total. The lowest BCUT2D eigenvalue weighted by atomic mass is 10.3. The Morgan fingerprint density at radius 1 is 1.47 bits per heavy atom. The number of hydrogen-bond donors (Lipinski definition) is 2. The maximum absolute atomic E-state index is 11.8. The van der Waals surface area contributed by atoms with Crippen LogP contribution in [0.4, 0.5) is 0 Å². The third-order valence-electron chi connectivity index (χ3n) is 2.37. The summed E-state index contributed by atoms with van der Waals surface area (Å²) in [7, 11) is -3.51. The number of hydrogen-bond acceptors (Lipinski definition) is 4. The summed E-state index contributed by atoms with van der Waals surface area (Å²) in [4.78, 5) is 0.0919. The Hall–Kier alpha value is -0.720. The summed E-state index contributed by atoms with van der Waals surface area (Å²) in [6, 6.07) is 5.64. The van der Waals surface area contributed by atoms with Crippen LogP contribution in [-0.4, -0.2) is 31.6 Å². The minimum atomic E-state index is -3.51. The van der Waals surface area contributed by atoms with Crippen LogP contribution in [-0.2, 0) is 10.0 Å². The first kappa shape index (κ1) is 14.3. The smallest absolute Gasteiger partial charge is 0.240 e. The van der Waals surface area contributed by atoms with Gasteiger partial charge in [0.2, 0.25) is 10.0 Å². The van der Waals surface area contributed by atoms with E-state index in [1.54, 1.807) is 11.8 Å². The van der Waals surface area contributed by atoms with E-state index in [-0.39, 0.29) is 10.6 Å². The summed E-state index contributed by atoms with van der Waals surface area (Å²) in [6.07, 6.45) is 2.77. The third kappa shape index (κ3) is 4.57. The number of sulfonamides is 1. The molecular weight excluding hydrogens is 258 g/mol. The second kappa shape index (κ2) is 6.28. The van der Waals surface area contributed by atoms with E-state index in [0.717, 1.165) is 6.42 Å². The summed E-state index contributed by atoms with van der Waals surface area (Å²) >= 11 is 1.70. The Kier molecular flexibility index (Phi) is 5.30. The van der Waals surface area contributed by atoms with E-state index >= 15 is 0 Å². The molecule has 0 aromatic heterocycles. The van der Waals surface area contributed by atoms with Crippen molar-refractivity contribution in [3.8, 4) is 5.75 Å². The van der Waals surface area contributed by atoms with E-state index in [0.29, 0.717) is 11.8 Å². The molecule has 1 rings (SSSR count). The van der Waals surface area contributed by atoms with Crippen LogP contribution in [0.15, 0.2) is 29.2 Å². The van der Waals surface area contributed by atoms with Gasteiger partial charge in [-0.2, -0.15) is 11.8 Å². The quantitative estimate of drug-likeness (QED) is 0.831. The minimum Gasteiger partial charge on any atom is -0.508 e. The lowest BCUT2D eigenvalue weighted by molar-refractivity contribution is 0.473. The van der Waals surface area contributed by atoms with Crippen LogP contribution >= 0.6 is 11.8 Å². The van der Waals surface area contributed by atoms with Crippen molar-refractivity contribution in [2.24, 2.45) is 0 Å². The van der Waals surface area contributed by atoms with Crippen LogP contribution in [0.3, 0.4) is 0 Å². The highest BCUT2D eigenvalue weighted by Gasteiger charge is 2.14. The van der Waals surface area contributed by atoms with E-state index in [9.17, 15) is 13.5 Å². The van der Waals surface area contributed by atoms with Gasteiger partial charge >= 0.3 is 0 Å². The summed E-state index contributed by atoms with van der Waals surface area (Å²) in [5, 5.41) is 9.65. The number of phenols is 1. The van der Waals surface area contributed by atoms with Gasteiger partial charge in [-0.1, -0.05) is 13.0 Å². The van der Waals surface area contributed by atoms with E-state index in [1.807, 2.05) is 13.2 Å². The number of thioether (sulfide) groups is 1. The molecule has 0 amide bonds. The standard InChI is InChI=1S/C11H17NO3S2/c1-9(16-2)6-7-12-17(14,15)11-5-3-4-10(13)8-11/h3-5,8-9,12-13H,6-7H2,1-2H3. The molecule has 0 aliphatic rings. The van der Waals surface area contributed by atoms with Crippen LogP contribution < -0.4 is 4.72 Å². The van der Waals surface area contributed by atoms with Gasteiger partial charge in [0.1, 0.15) is 5.75 Å². The predicted octanol–water partition coefficient (Wildman–Crippen LogP) is 1.81. The molecule has 0 spiro atoms. The first-order chi connectivity index (χ1) is 7.95. The number of nitrogens with one attached hydrogen (secondary N) is 1. The highest BCUT2D eigenvalue weighted by Crippen LogP contribution is 2.16. The Bertz CT molecular complexity index is 460. The van der Waals surface area contributed by atoms with Gasteiger partial charge in [0.05, 0.1) is 4.90 Å². The van der Waals surface area contributed by atoms with E-state index < -0.39 is 10.0 Å². The zero-order chi connectivity index (χ0) is 12.9. The number of rotatable bonds is 6. The van der Waals surface area contributed by atoms with Crippen molar-refractivity contribution in [2.75, 3.05) is 12.8 Å². The van der Waals surface area contributed by atoms with Crippen molar-refractivity contribution in [3.05, 3.63) is 24.3 Å². The van der Waals surface area contributed by atoms with Gasteiger partial charge in [-0.05, 0) is 30.9 Å². The Morgan fingerprint density at radius 2 is 2.18 bits per heavy atom. The molecule has 1 unspecified atom stereocenters. The highest BCUT2D eigenvalue weighted by molar-refractivity contribution is 7.99. The zero-order valence-corrected chi connectivity index (χ0v) is 11.5. The summed E-state index contributed by atoms with van der Waals surface area (Å²) in [5.74, 6) is -0.0506. The molecule has 17 heavy (non-hydrogen) atoms. The molecule has 0 saturated heterocycles. The van der Waals surface area contributed by atoms with Gasteiger partial charge in [0.25, 0.3) is 0 Å². The molecule has 1 atom stereocenters. The maximum Gasteiger partial charge on any atom is 0.240 e. The number of phenolic OH excluding ortho intramolecular Hbond substituents is 1. The fraction of sp³-hybridized carbons (Fsp3) is 0.455. The summed E-state index contributed by atoms with van der Waals surface area (Å²) in [5.41, 5.74) is 0. The summed E-state index contributed by atoms with van der Waals surface area (Å²) in [6.45, 7) is 2.45. The van der Waals surface area contributed by atoms with Crippen LogP contribution in [0.5, 0.6) is 5.75 Å². The normalized spacial score (nSPS) is 13.5. The van der Waals surface area contributed by atoms with E-state index in [4.69, 9.17) is 0 Å². The Morgan fingerprint density at radius 3 is 2.76 bits per heavy atom. The lowest BCUT2D eigenvalue weighted by Gasteiger charge is -2.10. The van der Waals surface area contributed by atoms with Crippen molar-refractivity contribution in [3.63, 3.8) is 0 Å². The van der Waals surface area contributed by atoms with Crippen LogP contribution in [0.25, 0.3) is 0 Å². The van der Waals surface area contributed by atoms with Crippen molar-refractivity contribution >= 4 is 21.8 Å². The molecule has 0 radical (unpaired) electrons. The lowest BCUT2D eigenvalue weighted by Crippen LogP contribution is -2.26. The van der Waals surface area contributed by atoms with Gasteiger partial charge in [0.15, 0.2) is 0 Å². The number of benzene rings is 1. The first-order valence-electron chi connectivity index (χ1n) is 5.27. The van der Waals surface area contributed by atoms with E-state index in [1.165, 1.54) is 24.3 Å². The minimum absolute atomic E-state index is 0.0506. The molecule has 96 valence electrons. The Balaban J connectivity index is 2.63. The Labute approximate surface area is 106 Å². The second-order valence-electron chi connectivity index (χ2n) is 3.73. The monoisotopic (exact) mass is 275 g/mol. The molecule has 0 aliphatic carbocycles. The number of aromatic hydroxyl groups is 1. The third-order valence-corrected chi connectivity index (χ3v) is 4.87. The van der Waals surface area contributed by atoms with E-state index in [2.05, 4.69) is 4.72 Å². The molecule has 4 nitrogen and oxygen atoms in total. The molecule has 6 heteroatoms. The predicted molar refractivity (Wildman–Crippen MR) is 70.9 cm³/mol. The molecule has 0 aliphatic heterocycles. The van der Waals surface area contributed by atoms with Crippen molar-refractivity contribution < 1.29 is 13.5 Å². The zero-order valence-electron chi connectivity index (χ0n) is 9.88. The fourth-order valence-electron chi connectivity index (χ4n) is 1.25. The molecule has 0 bridgehead atoms. The average molecular weight is 275 g/mol. The van der Waals surface area contributed by atoms with Crippen LogP contribution in [0.2, 0.25) is 0 Å². The SMILES string of the molecule is CSC(C)CCNS(=O)(=O)c1cccc(O)c1. The molecule has 0 saturated carbocycles. The maximum atomic E-state index is 11.8. The molecule has 1 aromatic carbocycles. The van der Waals surface area contributed by atoms with Gasteiger partial charge in [-0.3, -0.25) is 0 Å².